The maximum absolute atomic E-state index is 13.5. The molecule has 0 heterocycles. The zero-order valence-electron chi connectivity index (χ0n) is 12.4. The van der Waals surface area contributed by atoms with Crippen molar-refractivity contribution in [1.29, 1.82) is 0 Å². The van der Waals surface area contributed by atoms with Crippen LogP contribution in [0.4, 0.5) is 10.1 Å². The second kappa shape index (κ2) is 6.07. The fraction of sp³-hybridized carbons (Fsp3) is 0.538. The van der Waals surface area contributed by atoms with Gasteiger partial charge in [0.1, 0.15) is 0 Å². The number of halogens is 1. The zero-order chi connectivity index (χ0) is 16.4. The molecule has 1 N–H and O–H groups in total. The molecule has 21 heavy (non-hydrogen) atoms. The predicted molar refractivity (Wildman–Crippen MR) is 76.9 cm³/mol. The van der Waals surface area contributed by atoms with E-state index in [2.05, 4.69) is 4.72 Å². The highest BCUT2D eigenvalue weighted by Crippen LogP contribution is 2.25. The molecule has 0 fully saturated rings. The van der Waals surface area contributed by atoms with Crippen LogP contribution in [0.25, 0.3) is 0 Å². The summed E-state index contributed by atoms with van der Waals surface area (Å²) in [6, 6.07) is 2.52. The van der Waals surface area contributed by atoms with E-state index in [4.69, 9.17) is 0 Å². The van der Waals surface area contributed by atoms with Gasteiger partial charge in [0.15, 0.2) is 0 Å². The van der Waals surface area contributed by atoms with Gasteiger partial charge < -0.3 is 0 Å². The third-order valence-electron chi connectivity index (χ3n) is 3.48. The van der Waals surface area contributed by atoms with Crippen LogP contribution in [0.15, 0.2) is 23.1 Å². The smallest absolute Gasteiger partial charge is 0.258 e. The Kier molecular flexibility index (Phi) is 5.06. The summed E-state index contributed by atoms with van der Waals surface area (Å²) in [5.41, 5.74) is -0.833. The molecule has 1 rings (SSSR count). The Bertz CT molecular complexity index is 638. The fourth-order valence-corrected chi connectivity index (χ4v) is 2.57. The molecule has 1 aromatic rings. The van der Waals surface area contributed by atoms with Gasteiger partial charge in [0.25, 0.3) is 0 Å². The Morgan fingerprint density at radius 1 is 1.38 bits per heavy atom. The first-order chi connectivity index (χ1) is 9.45. The van der Waals surface area contributed by atoms with Crippen molar-refractivity contribution in [2.24, 2.45) is 11.3 Å². The van der Waals surface area contributed by atoms with Crippen LogP contribution in [0.2, 0.25) is 0 Å². The lowest BCUT2D eigenvalue weighted by molar-refractivity contribution is -0.387. The number of benzene rings is 1. The van der Waals surface area contributed by atoms with E-state index >= 15 is 0 Å². The van der Waals surface area contributed by atoms with Gasteiger partial charge in [-0.1, -0.05) is 27.7 Å². The van der Waals surface area contributed by atoms with E-state index in [1.807, 2.05) is 27.7 Å². The van der Waals surface area contributed by atoms with Gasteiger partial charge in [-0.25, -0.2) is 13.1 Å². The van der Waals surface area contributed by atoms with Crippen LogP contribution in [-0.2, 0) is 10.0 Å². The zero-order valence-corrected chi connectivity index (χ0v) is 13.2. The van der Waals surface area contributed by atoms with Crippen molar-refractivity contribution in [3.05, 3.63) is 34.1 Å². The van der Waals surface area contributed by atoms with Gasteiger partial charge in [0.05, 0.1) is 9.82 Å². The molecule has 118 valence electrons. The fourth-order valence-electron chi connectivity index (χ4n) is 1.43. The maximum atomic E-state index is 13.5. The largest absolute Gasteiger partial charge is 0.304 e. The van der Waals surface area contributed by atoms with Gasteiger partial charge in [-0.3, -0.25) is 10.1 Å². The van der Waals surface area contributed by atoms with Crippen LogP contribution in [0.5, 0.6) is 0 Å². The summed E-state index contributed by atoms with van der Waals surface area (Å²) in [5, 5.41) is 10.5. The number of hydrogen-bond acceptors (Lipinski definition) is 4. The first-order valence-electron chi connectivity index (χ1n) is 6.39. The lowest BCUT2D eigenvalue weighted by Gasteiger charge is -2.27. The number of nitro benzene ring substituents is 1. The van der Waals surface area contributed by atoms with Crippen LogP contribution in [0, 0.1) is 27.3 Å². The topological polar surface area (TPSA) is 89.3 Å². The van der Waals surface area contributed by atoms with Gasteiger partial charge in [-0.15, -0.1) is 0 Å². The molecule has 6 nitrogen and oxygen atoms in total. The van der Waals surface area contributed by atoms with Crippen LogP contribution >= 0.6 is 0 Å². The molecule has 0 aliphatic heterocycles. The number of nitrogens with zero attached hydrogens (tertiary/aromatic N) is 1. The minimum Gasteiger partial charge on any atom is -0.258 e. The van der Waals surface area contributed by atoms with E-state index in [1.165, 1.54) is 0 Å². The Balaban J connectivity index is 2.94. The number of nitrogens with one attached hydrogen (secondary N) is 1. The SMILES string of the molecule is CC(CNS(=O)(=O)c1ccc([N+](=O)[O-])c(F)c1)C(C)(C)C. The number of hydrogen-bond donors (Lipinski definition) is 1. The molecular formula is C13H19FN2O4S. The second-order valence-electron chi connectivity index (χ2n) is 5.99. The highest BCUT2D eigenvalue weighted by molar-refractivity contribution is 7.89. The van der Waals surface area contributed by atoms with Crippen LogP contribution < -0.4 is 4.72 Å². The van der Waals surface area contributed by atoms with Gasteiger partial charge in [0, 0.05) is 18.7 Å². The molecule has 0 bridgehead atoms. The molecule has 0 saturated heterocycles. The summed E-state index contributed by atoms with van der Waals surface area (Å²) >= 11 is 0. The molecular weight excluding hydrogens is 299 g/mol. The van der Waals surface area contributed by atoms with Crippen molar-refractivity contribution < 1.29 is 17.7 Å². The molecule has 0 amide bonds. The van der Waals surface area contributed by atoms with Crippen molar-refractivity contribution in [2.45, 2.75) is 32.6 Å². The summed E-state index contributed by atoms with van der Waals surface area (Å²) in [4.78, 5) is 9.28. The molecule has 0 saturated carbocycles. The van der Waals surface area contributed by atoms with E-state index < -0.39 is 26.5 Å². The summed E-state index contributed by atoms with van der Waals surface area (Å²) < 4.78 is 40.0. The Hall–Kier alpha value is -1.54. The third-order valence-corrected chi connectivity index (χ3v) is 4.91. The van der Waals surface area contributed by atoms with E-state index in [9.17, 15) is 22.9 Å². The minimum absolute atomic E-state index is 0.0650. The van der Waals surface area contributed by atoms with Crippen molar-refractivity contribution in [3.63, 3.8) is 0 Å². The van der Waals surface area contributed by atoms with E-state index in [0.29, 0.717) is 6.07 Å². The monoisotopic (exact) mass is 318 g/mol. The number of nitro groups is 1. The van der Waals surface area contributed by atoms with Crippen molar-refractivity contribution in [1.82, 2.24) is 4.72 Å². The first-order valence-corrected chi connectivity index (χ1v) is 7.87. The van der Waals surface area contributed by atoms with Crippen LogP contribution in [-0.4, -0.2) is 19.9 Å². The summed E-state index contributed by atoms with van der Waals surface area (Å²) in [5.74, 6) is -1.11. The Morgan fingerprint density at radius 2 is 1.95 bits per heavy atom. The first kappa shape index (κ1) is 17.5. The number of rotatable bonds is 5. The number of sulfonamides is 1. The van der Waals surface area contributed by atoms with Crippen molar-refractivity contribution in [2.75, 3.05) is 6.54 Å². The second-order valence-corrected chi connectivity index (χ2v) is 7.76. The molecule has 1 aromatic carbocycles. The van der Waals surface area contributed by atoms with Crippen molar-refractivity contribution >= 4 is 15.7 Å². The average Bonchev–Trinajstić information content (AvgIpc) is 2.34. The standard InChI is InChI=1S/C13H19FN2O4S/c1-9(13(2,3)4)8-15-21(19,20)10-5-6-12(16(17)18)11(14)7-10/h5-7,9,15H,8H2,1-4H3. The molecule has 0 aliphatic carbocycles. The van der Waals surface area contributed by atoms with E-state index in [-0.39, 0.29) is 22.8 Å². The van der Waals surface area contributed by atoms with E-state index in [0.717, 1.165) is 12.1 Å². The summed E-state index contributed by atoms with van der Waals surface area (Å²) in [6.45, 7) is 8.05. The molecule has 0 radical (unpaired) electrons. The molecule has 0 aromatic heterocycles. The highest BCUT2D eigenvalue weighted by Gasteiger charge is 2.24. The molecule has 0 spiro atoms. The lowest BCUT2D eigenvalue weighted by atomic mass is 9.82. The third kappa shape index (κ3) is 4.47. The maximum Gasteiger partial charge on any atom is 0.304 e. The van der Waals surface area contributed by atoms with Gasteiger partial charge in [0.2, 0.25) is 15.8 Å². The molecule has 1 atom stereocenters. The molecule has 0 aliphatic rings. The van der Waals surface area contributed by atoms with Gasteiger partial charge in [-0.2, -0.15) is 4.39 Å². The summed E-state index contributed by atoms with van der Waals surface area (Å²) in [7, 11) is -3.89. The van der Waals surface area contributed by atoms with E-state index in [1.54, 1.807) is 0 Å². The average molecular weight is 318 g/mol. The van der Waals surface area contributed by atoms with Gasteiger partial charge in [-0.05, 0) is 17.4 Å². The Labute approximate surface area is 123 Å². The summed E-state index contributed by atoms with van der Waals surface area (Å²) in [6.07, 6.45) is 0. The minimum atomic E-state index is -3.89. The van der Waals surface area contributed by atoms with Crippen molar-refractivity contribution in [3.8, 4) is 0 Å². The lowest BCUT2D eigenvalue weighted by Crippen LogP contribution is -2.33. The quantitative estimate of drug-likeness (QED) is 0.667. The highest BCUT2D eigenvalue weighted by atomic mass is 32.2. The van der Waals surface area contributed by atoms with Gasteiger partial charge >= 0.3 is 5.69 Å². The molecule has 8 heteroatoms. The van der Waals surface area contributed by atoms with Crippen LogP contribution in [0.1, 0.15) is 27.7 Å². The Morgan fingerprint density at radius 3 is 2.38 bits per heavy atom. The van der Waals surface area contributed by atoms with Crippen LogP contribution in [0.3, 0.4) is 0 Å². The normalized spacial score (nSPS) is 14.0. The predicted octanol–water partition coefficient (Wildman–Crippen LogP) is 2.69. The molecule has 1 unspecified atom stereocenters.